The highest BCUT2D eigenvalue weighted by atomic mass is 14.7. The van der Waals surface area contributed by atoms with Crippen molar-refractivity contribution in [2.45, 2.75) is 46.1 Å². The number of unbranched alkanes of at least 4 members (excludes halogenated alkanes) is 1. The number of hydrogen-bond acceptors (Lipinski definition) is 1. The maximum Gasteiger partial charge on any atom is 0.00879 e. The molecule has 0 spiro atoms. The fraction of sp³-hybridized carbons (Fsp3) is 0.800. The van der Waals surface area contributed by atoms with E-state index >= 15 is 0 Å². The first-order valence-corrected chi connectivity index (χ1v) is 4.17. The molecular weight excluding hydrogens is 134 g/mol. The lowest BCUT2D eigenvalue weighted by Gasteiger charge is -2.26. The minimum atomic E-state index is 0.217. The highest BCUT2D eigenvalue weighted by Crippen LogP contribution is 2.20. The molecule has 0 aromatic rings. The fourth-order valence-corrected chi connectivity index (χ4v) is 0.857. The van der Waals surface area contributed by atoms with Gasteiger partial charge in [-0.05, 0) is 18.3 Å². The molecule has 1 nitrogen and oxygen atoms in total. The van der Waals surface area contributed by atoms with E-state index in [-0.39, 0.29) is 11.5 Å². The van der Waals surface area contributed by atoms with Gasteiger partial charge in [-0.25, -0.2) is 0 Å². The summed E-state index contributed by atoms with van der Waals surface area (Å²) in [6.07, 6.45) is 8.07. The molecule has 64 valence electrons. The van der Waals surface area contributed by atoms with Crippen molar-refractivity contribution in [3.8, 4) is 12.3 Å². The summed E-state index contributed by atoms with van der Waals surface area (Å²) in [5, 5.41) is 0. The monoisotopic (exact) mass is 153 g/mol. The second-order valence-corrected chi connectivity index (χ2v) is 4.07. The third-order valence-electron chi connectivity index (χ3n) is 1.95. The van der Waals surface area contributed by atoms with E-state index in [1.165, 1.54) is 0 Å². The SMILES string of the molecule is C#CCCCC(N)C(C)(C)C. The summed E-state index contributed by atoms with van der Waals surface area (Å²) in [6, 6.07) is 0.274. The Morgan fingerprint density at radius 2 is 2.00 bits per heavy atom. The minimum absolute atomic E-state index is 0.217. The molecule has 2 N–H and O–H groups in total. The Balaban J connectivity index is 3.55. The van der Waals surface area contributed by atoms with E-state index in [1.54, 1.807) is 0 Å². The number of hydrogen-bond donors (Lipinski definition) is 1. The van der Waals surface area contributed by atoms with Gasteiger partial charge in [0.05, 0.1) is 0 Å². The molecule has 0 aromatic heterocycles. The van der Waals surface area contributed by atoms with E-state index < -0.39 is 0 Å². The van der Waals surface area contributed by atoms with E-state index in [1.807, 2.05) is 0 Å². The largest absolute Gasteiger partial charge is 0.327 e. The Hall–Kier alpha value is -0.480. The van der Waals surface area contributed by atoms with Gasteiger partial charge in [-0.3, -0.25) is 0 Å². The highest BCUT2D eigenvalue weighted by Gasteiger charge is 2.19. The lowest BCUT2D eigenvalue weighted by molar-refractivity contribution is 0.302. The molecule has 0 fully saturated rings. The molecule has 0 aliphatic rings. The van der Waals surface area contributed by atoms with E-state index in [0.717, 1.165) is 19.3 Å². The van der Waals surface area contributed by atoms with Crippen molar-refractivity contribution in [3.63, 3.8) is 0 Å². The van der Waals surface area contributed by atoms with Crippen LogP contribution in [0.5, 0.6) is 0 Å². The van der Waals surface area contributed by atoms with Crippen molar-refractivity contribution in [1.82, 2.24) is 0 Å². The van der Waals surface area contributed by atoms with Crippen LogP contribution in [0.4, 0.5) is 0 Å². The average Bonchev–Trinajstić information content (AvgIpc) is 1.86. The van der Waals surface area contributed by atoms with Gasteiger partial charge in [0.25, 0.3) is 0 Å². The van der Waals surface area contributed by atoms with Crippen LogP contribution in [0.1, 0.15) is 40.0 Å². The summed E-state index contributed by atoms with van der Waals surface area (Å²) < 4.78 is 0. The minimum Gasteiger partial charge on any atom is -0.327 e. The van der Waals surface area contributed by atoms with Gasteiger partial charge in [0, 0.05) is 12.5 Å². The van der Waals surface area contributed by atoms with E-state index in [9.17, 15) is 0 Å². The van der Waals surface area contributed by atoms with Crippen LogP contribution in [0.2, 0.25) is 0 Å². The first kappa shape index (κ1) is 10.5. The lowest BCUT2D eigenvalue weighted by atomic mass is 9.84. The molecule has 0 aliphatic heterocycles. The summed E-state index contributed by atoms with van der Waals surface area (Å²) in [6.45, 7) is 6.48. The molecule has 0 rings (SSSR count). The third-order valence-corrected chi connectivity index (χ3v) is 1.95. The van der Waals surface area contributed by atoms with Gasteiger partial charge in [0.1, 0.15) is 0 Å². The van der Waals surface area contributed by atoms with Crippen LogP contribution in [0.15, 0.2) is 0 Å². The molecule has 0 amide bonds. The van der Waals surface area contributed by atoms with Crippen LogP contribution in [0.3, 0.4) is 0 Å². The molecule has 1 unspecified atom stereocenters. The predicted octanol–water partition coefficient (Wildman–Crippen LogP) is 2.16. The Morgan fingerprint density at radius 3 is 2.36 bits per heavy atom. The van der Waals surface area contributed by atoms with E-state index in [2.05, 4.69) is 26.7 Å². The topological polar surface area (TPSA) is 26.0 Å². The van der Waals surface area contributed by atoms with Crippen molar-refractivity contribution >= 4 is 0 Å². The van der Waals surface area contributed by atoms with Crippen molar-refractivity contribution < 1.29 is 0 Å². The molecule has 0 saturated carbocycles. The summed E-state index contributed by atoms with van der Waals surface area (Å²) in [5.41, 5.74) is 6.14. The zero-order valence-corrected chi connectivity index (χ0v) is 7.85. The number of terminal acetylenes is 1. The Bertz CT molecular complexity index is 136. The normalized spacial score (nSPS) is 14.1. The Morgan fingerprint density at radius 1 is 1.45 bits per heavy atom. The maximum atomic E-state index is 5.92. The van der Waals surface area contributed by atoms with Gasteiger partial charge >= 0.3 is 0 Å². The zero-order valence-electron chi connectivity index (χ0n) is 7.85. The Kier molecular flexibility index (Phi) is 4.22. The fourth-order valence-electron chi connectivity index (χ4n) is 0.857. The van der Waals surface area contributed by atoms with Gasteiger partial charge in [-0.2, -0.15) is 0 Å². The van der Waals surface area contributed by atoms with Crippen molar-refractivity contribution in [2.24, 2.45) is 11.1 Å². The molecule has 0 aliphatic carbocycles. The molecule has 0 saturated heterocycles. The first-order chi connectivity index (χ1) is 4.98. The van der Waals surface area contributed by atoms with Gasteiger partial charge in [-0.1, -0.05) is 20.8 Å². The molecule has 1 heteroatoms. The molecule has 0 bridgehead atoms. The summed E-state index contributed by atoms with van der Waals surface area (Å²) in [7, 11) is 0. The highest BCUT2D eigenvalue weighted by molar-refractivity contribution is 4.85. The molecule has 0 heterocycles. The van der Waals surface area contributed by atoms with Gasteiger partial charge < -0.3 is 5.73 Å². The standard InChI is InChI=1S/C10H19N/c1-5-6-7-8-9(11)10(2,3)4/h1,9H,6-8,11H2,2-4H3. The molecule has 11 heavy (non-hydrogen) atoms. The second-order valence-electron chi connectivity index (χ2n) is 4.07. The number of nitrogens with two attached hydrogens (primary N) is 1. The van der Waals surface area contributed by atoms with Crippen molar-refractivity contribution in [2.75, 3.05) is 0 Å². The predicted molar refractivity (Wildman–Crippen MR) is 50.1 cm³/mol. The van der Waals surface area contributed by atoms with Crippen LogP contribution in [0, 0.1) is 17.8 Å². The molecule has 0 radical (unpaired) electrons. The lowest BCUT2D eigenvalue weighted by Crippen LogP contribution is -2.34. The van der Waals surface area contributed by atoms with Crippen molar-refractivity contribution in [1.29, 1.82) is 0 Å². The Labute approximate surface area is 70.4 Å². The summed E-state index contributed by atoms with van der Waals surface area (Å²) in [5.74, 6) is 2.62. The maximum absolute atomic E-state index is 5.92. The quantitative estimate of drug-likeness (QED) is 0.488. The molecule has 0 aromatic carbocycles. The van der Waals surface area contributed by atoms with Gasteiger partial charge in [-0.15, -0.1) is 12.3 Å². The van der Waals surface area contributed by atoms with Gasteiger partial charge in [0.15, 0.2) is 0 Å². The first-order valence-electron chi connectivity index (χ1n) is 4.17. The van der Waals surface area contributed by atoms with Gasteiger partial charge in [0.2, 0.25) is 0 Å². The molecular formula is C10H19N. The zero-order chi connectivity index (χ0) is 8.91. The second kappa shape index (κ2) is 4.41. The summed E-state index contributed by atoms with van der Waals surface area (Å²) >= 11 is 0. The smallest absolute Gasteiger partial charge is 0.00879 e. The van der Waals surface area contributed by atoms with Crippen LogP contribution >= 0.6 is 0 Å². The van der Waals surface area contributed by atoms with Crippen molar-refractivity contribution in [3.05, 3.63) is 0 Å². The van der Waals surface area contributed by atoms with Crippen LogP contribution in [-0.4, -0.2) is 6.04 Å². The third kappa shape index (κ3) is 4.86. The molecule has 1 atom stereocenters. The van der Waals surface area contributed by atoms with Crippen LogP contribution < -0.4 is 5.73 Å². The van der Waals surface area contributed by atoms with Crippen LogP contribution in [-0.2, 0) is 0 Å². The number of rotatable bonds is 3. The van der Waals surface area contributed by atoms with Crippen LogP contribution in [0.25, 0.3) is 0 Å². The van der Waals surface area contributed by atoms with E-state index in [0.29, 0.717) is 0 Å². The summed E-state index contributed by atoms with van der Waals surface area (Å²) in [4.78, 5) is 0. The average molecular weight is 153 g/mol. The van der Waals surface area contributed by atoms with E-state index in [4.69, 9.17) is 12.2 Å².